The van der Waals surface area contributed by atoms with Crippen LogP contribution in [-0.2, 0) is 6.54 Å². The van der Waals surface area contributed by atoms with E-state index in [9.17, 15) is 5.11 Å². The Morgan fingerprint density at radius 2 is 2.00 bits per heavy atom. The normalized spacial score (nSPS) is 12.6. The second-order valence-electron chi connectivity index (χ2n) is 3.22. The minimum atomic E-state index is -0.646. The summed E-state index contributed by atoms with van der Waals surface area (Å²) in [4.78, 5) is 3.78. The summed E-state index contributed by atoms with van der Waals surface area (Å²) in [6.45, 7) is 0.352. The topological polar surface area (TPSA) is 71.2 Å². The summed E-state index contributed by atoms with van der Waals surface area (Å²) >= 11 is 0. The molecule has 2 rings (SSSR count). The molecule has 2 aromatic rings. The van der Waals surface area contributed by atoms with E-state index in [-0.39, 0.29) is 5.75 Å². The number of phenolic OH excluding ortho intramolecular Hbond substituents is 1. The van der Waals surface area contributed by atoms with Gasteiger partial charge in [-0.05, 0) is 17.7 Å². The van der Waals surface area contributed by atoms with Gasteiger partial charge in [0.1, 0.15) is 18.4 Å². The van der Waals surface area contributed by atoms with Gasteiger partial charge < -0.3 is 10.2 Å². The fraction of sp³-hybridized carbons (Fsp3) is 0.200. The Labute approximate surface area is 86.6 Å². The van der Waals surface area contributed by atoms with Crippen LogP contribution in [0.25, 0.3) is 0 Å². The Bertz CT molecular complexity index is 411. The molecule has 1 aromatic carbocycles. The van der Waals surface area contributed by atoms with Gasteiger partial charge in [-0.2, -0.15) is 5.10 Å². The van der Waals surface area contributed by atoms with E-state index in [0.29, 0.717) is 6.54 Å². The zero-order chi connectivity index (χ0) is 10.7. The Kier molecular flexibility index (Phi) is 2.64. The first kappa shape index (κ1) is 9.67. The number of aliphatic hydroxyl groups is 1. The monoisotopic (exact) mass is 205 g/mol. The molecule has 0 saturated carbocycles. The molecule has 0 spiro atoms. The van der Waals surface area contributed by atoms with E-state index in [4.69, 9.17) is 5.11 Å². The molecule has 0 saturated heterocycles. The maximum atomic E-state index is 9.81. The summed E-state index contributed by atoms with van der Waals surface area (Å²) in [5.74, 6) is 0.187. The lowest BCUT2D eigenvalue weighted by Crippen LogP contribution is -2.08. The predicted octanol–water partition coefficient (Wildman–Crippen LogP) is 0.717. The van der Waals surface area contributed by atoms with Crippen molar-refractivity contribution in [2.24, 2.45) is 0 Å². The first-order valence-electron chi connectivity index (χ1n) is 4.55. The largest absolute Gasteiger partial charge is 0.508 e. The molecule has 78 valence electrons. The first-order valence-corrected chi connectivity index (χ1v) is 4.55. The quantitative estimate of drug-likeness (QED) is 0.774. The molecule has 0 fully saturated rings. The summed E-state index contributed by atoms with van der Waals surface area (Å²) < 4.78 is 1.55. The molecule has 1 heterocycles. The maximum Gasteiger partial charge on any atom is 0.137 e. The standard InChI is InChI=1S/C10H11N3O2/c14-9-3-1-8(2-4-9)10(15)5-13-7-11-6-12-13/h1-4,6-7,10,14-15H,5H2. The molecule has 0 bridgehead atoms. The zero-order valence-electron chi connectivity index (χ0n) is 7.98. The fourth-order valence-electron chi connectivity index (χ4n) is 1.31. The first-order chi connectivity index (χ1) is 7.25. The average molecular weight is 205 g/mol. The summed E-state index contributed by atoms with van der Waals surface area (Å²) in [6, 6.07) is 6.44. The fourth-order valence-corrected chi connectivity index (χ4v) is 1.31. The number of phenols is 1. The van der Waals surface area contributed by atoms with Crippen molar-refractivity contribution in [3.8, 4) is 5.75 Å². The van der Waals surface area contributed by atoms with Gasteiger partial charge in [-0.15, -0.1) is 0 Å². The van der Waals surface area contributed by atoms with Gasteiger partial charge in [-0.25, -0.2) is 4.98 Å². The van der Waals surface area contributed by atoms with Crippen LogP contribution in [0.1, 0.15) is 11.7 Å². The second kappa shape index (κ2) is 4.10. The van der Waals surface area contributed by atoms with Crippen molar-refractivity contribution in [3.63, 3.8) is 0 Å². The molecule has 0 aliphatic heterocycles. The van der Waals surface area contributed by atoms with Crippen LogP contribution in [-0.4, -0.2) is 25.0 Å². The van der Waals surface area contributed by atoms with Gasteiger partial charge in [-0.3, -0.25) is 4.68 Å². The molecule has 2 N–H and O–H groups in total. The van der Waals surface area contributed by atoms with Gasteiger partial charge in [-0.1, -0.05) is 12.1 Å². The highest BCUT2D eigenvalue weighted by Gasteiger charge is 2.08. The number of benzene rings is 1. The minimum Gasteiger partial charge on any atom is -0.508 e. The molecule has 5 heteroatoms. The van der Waals surface area contributed by atoms with Crippen molar-refractivity contribution >= 4 is 0 Å². The van der Waals surface area contributed by atoms with Crippen LogP contribution in [0.3, 0.4) is 0 Å². The van der Waals surface area contributed by atoms with Gasteiger partial charge in [0, 0.05) is 0 Å². The number of hydrogen-bond acceptors (Lipinski definition) is 4. The summed E-state index contributed by atoms with van der Waals surface area (Å²) in [5, 5.41) is 22.8. The van der Waals surface area contributed by atoms with E-state index in [0.717, 1.165) is 5.56 Å². The minimum absolute atomic E-state index is 0.187. The lowest BCUT2D eigenvalue weighted by atomic mass is 10.1. The number of hydrogen-bond donors (Lipinski definition) is 2. The highest BCUT2D eigenvalue weighted by Crippen LogP contribution is 2.17. The maximum absolute atomic E-state index is 9.81. The van der Waals surface area contributed by atoms with Crippen molar-refractivity contribution in [2.45, 2.75) is 12.6 Å². The molecule has 0 amide bonds. The molecule has 0 aliphatic rings. The lowest BCUT2D eigenvalue weighted by molar-refractivity contribution is 0.151. The van der Waals surface area contributed by atoms with E-state index in [2.05, 4.69) is 10.1 Å². The smallest absolute Gasteiger partial charge is 0.137 e. The molecule has 1 unspecified atom stereocenters. The van der Waals surface area contributed by atoms with Crippen LogP contribution >= 0.6 is 0 Å². The zero-order valence-corrected chi connectivity index (χ0v) is 7.98. The Morgan fingerprint density at radius 1 is 1.27 bits per heavy atom. The number of aliphatic hydroxyl groups excluding tert-OH is 1. The van der Waals surface area contributed by atoms with Crippen LogP contribution in [0, 0.1) is 0 Å². The molecule has 15 heavy (non-hydrogen) atoms. The third kappa shape index (κ3) is 2.32. The summed E-state index contributed by atoms with van der Waals surface area (Å²) in [5.41, 5.74) is 0.739. The number of aromatic hydroxyl groups is 1. The molecule has 0 radical (unpaired) electrons. The number of rotatable bonds is 3. The van der Waals surface area contributed by atoms with Crippen molar-refractivity contribution in [1.82, 2.24) is 14.8 Å². The predicted molar refractivity (Wildman–Crippen MR) is 53.1 cm³/mol. The molecular weight excluding hydrogens is 194 g/mol. The van der Waals surface area contributed by atoms with Crippen LogP contribution in [0.15, 0.2) is 36.9 Å². The Balaban J connectivity index is 2.08. The van der Waals surface area contributed by atoms with Crippen LogP contribution in [0.4, 0.5) is 0 Å². The van der Waals surface area contributed by atoms with Crippen molar-refractivity contribution < 1.29 is 10.2 Å². The van der Waals surface area contributed by atoms with Crippen LogP contribution in [0.2, 0.25) is 0 Å². The van der Waals surface area contributed by atoms with Gasteiger partial charge in [0.15, 0.2) is 0 Å². The Morgan fingerprint density at radius 3 is 2.60 bits per heavy atom. The van der Waals surface area contributed by atoms with Crippen LogP contribution < -0.4 is 0 Å². The Hall–Kier alpha value is -1.88. The van der Waals surface area contributed by atoms with E-state index < -0.39 is 6.10 Å². The number of nitrogens with zero attached hydrogens (tertiary/aromatic N) is 3. The second-order valence-corrected chi connectivity index (χ2v) is 3.22. The summed E-state index contributed by atoms with van der Waals surface area (Å²) in [6.07, 6.45) is 2.32. The van der Waals surface area contributed by atoms with Gasteiger partial charge >= 0.3 is 0 Å². The summed E-state index contributed by atoms with van der Waals surface area (Å²) in [7, 11) is 0. The van der Waals surface area contributed by atoms with E-state index in [1.54, 1.807) is 35.3 Å². The van der Waals surface area contributed by atoms with Gasteiger partial charge in [0.05, 0.1) is 12.6 Å². The average Bonchev–Trinajstić information content (AvgIpc) is 2.71. The van der Waals surface area contributed by atoms with E-state index >= 15 is 0 Å². The van der Waals surface area contributed by atoms with Gasteiger partial charge in [0.2, 0.25) is 0 Å². The highest BCUT2D eigenvalue weighted by atomic mass is 16.3. The SMILES string of the molecule is Oc1ccc(C(O)Cn2cncn2)cc1. The van der Waals surface area contributed by atoms with Gasteiger partial charge in [0.25, 0.3) is 0 Å². The molecule has 5 nitrogen and oxygen atoms in total. The van der Waals surface area contributed by atoms with Crippen molar-refractivity contribution in [3.05, 3.63) is 42.5 Å². The number of aromatic nitrogens is 3. The molecule has 1 atom stereocenters. The highest BCUT2D eigenvalue weighted by molar-refractivity contribution is 5.27. The molecule has 1 aromatic heterocycles. The lowest BCUT2D eigenvalue weighted by Gasteiger charge is -2.10. The third-order valence-electron chi connectivity index (χ3n) is 2.10. The molecular formula is C10H11N3O2. The van der Waals surface area contributed by atoms with E-state index in [1.807, 2.05) is 0 Å². The third-order valence-corrected chi connectivity index (χ3v) is 2.10. The van der Waals surface area contributed by atoms with Crippen molar-refractivity contribution in [2.75, 3.05) is 0 Å². The molecule has 0 aliphatic carbocycles. The van der Waals surface area contributed by atoms with E-state index in [1.165, 1.54) is 6.33 Å². The van der Waals surface area contributed by atoms with Crippen molar-refractivity contribution in [1.29, 1.82) is 0 Å². The van der Waals surface area contributed by atoms with Crippen LogP contribution in [0.5, 0.6) is 5.75 Å².